The molecule has 1 spiro atoms. The molecule has 2 aliphatic rings. The molecule has 0 atom stereocenters. The van der Waals surface area contributed by atoms with Crippen LogP contribution in [0, 0.1) is 0 Å². The molecule has 91 heavy (non-hydrogen) atoms. The molecule has 7 aromatic heterocycles. The van der Waals surface area contributed by atoms with Gasteiger partial charge in [-0.15, -0.1) is 0 Å². The number of para-hydroxylation sites is 9. The molecule has 422 valence electrons. The fourth-order valence-corrected chi connectivity index (χ4v) is 16.4. The molecule has 12 aromatic carbocycles. The van der Waals surface area contributed by atoms with Crippen molar-refractivity contribution in [1.29, 1.82) is 0 Å². The average molecular weight is 1160 g/mol. The third-order valence-electron chi connectivity index (χ3n) is 20.0. The maximum Gasteiger partial charge on any atom is 0.134 e. The van der Waals surface area contributed by atoms with Crippen LogP contribution in [0.15, 0.2) is 298 Å². The van der Waals surface area contributed by atoms with Crippen molar-refractivity contribution in [2.75, 3.05) is 0 Å². The lowest BCUT2D eigenvalue weighted by Gasteiger charge is -2.40. The third-order valence-corrected chi connectivity index (χ3v) is 20.0. The molecule has 0 radical (unpaired) electrons. The molecule has 0 amide bonds. The van der Waals surface area contributed by atoms with E-state index in [1.54, 1.807) is 0 Å². The lowest BCUT2D eigenvalue weighted by molar-refractivity contribution is 0.435. The lowest BCUT2D eigenvalue weighted by atomic mass is 9.65. The van der Waals surface area contributed by atoms with E-state index in [1.165, 1.54) is 59.5 Å². The highest BCUT2D eigenvalue weighted by atomic mass is 16.5. The van der Waals surface area contributed by atoms with Gasteiger partial charge in [-0.05, 0) is 103 Å². The highest BCUT2D eigenvalue weighted by Gasteiger charge is 2.55. The van der Waals surface area contributed by atoms with Crippen molar-refractivity contribution in [1.82, 2.24) is 32.8 Å². The van der Waals surface area contributed by atoms with E-state index in [0.717, 1.165) is 123 Å². The van der Waals surface area contributed by atoms with Crippen LogP contribution in [0.1, 0.15) is 22.3 Å². The van der Waals surface area contributed by atoms with Gasteiger partial charge in [0.2, 0.25) is 0 Å². The standard InChI is InChI=1S/C83H49N7O/c1-10-29-67-54(20-1)55-21-2-11-30-68(55)86(67)50-41-43-76-63(44-50)62-28-9-16-35-73(62)87(76)51-40-42-64-79(47-51)91-78-39-19-38-77(90-74-36-17-7-26-60(74)61-27-8-18-37-75(61)90)80(78)83(64)65-45-52(88-69-31-12-3-22-56(69)57-23-4-13-32-70(57)88)48-84-81(65)82-66(83)46-53(49-85-82)89-71-33-14-5-24-58(71)59-25-6-15-34-72(59)89/h1-49H. The number of benzene rings is 12. The van der Waals surface area contributed by atoms with Crippen molar-refractivity contribution in [3.63, 3.8) is 0 Å². The predicted molar refractivity (Wildman–Crippen MR) is 371 cm³/mol. The minimum absolute atomic E-state index is 0.750. The summed E-state index contributed by atoms with van der Waals surface area (Å²) in [6.07, 6.45) is 4.11. The first kappa shape index (κ1) is 48.8. The Bertz CT molecular complexity index is 6030. The van der Waals surface area contributed by atoms with Gasteiger partial charge in [0.25, 0.3) is 0 Å². The molecule has 0 unspecified atom stereocenters. The summed E-state index contributed by atoms with van der Waals surface area (Å²) in [6.45, 7) is 0. The lowest BCUT2D eigenvalue weighted by Crippen LogP contribution is -2.34. The highest BCUT2D eigenvalue weighted by molar-refractivity contribution is 6.14. The van der Waals surface area contributed by atoms with Crippen LogP contribution in [0.3, 0.4) is 0 Å². The molecule has 1 aliphatic carbocycles. The SMILES string of the molecule is c1cc2c(c(-n3c4ccccc4c4ccccc43)c1)C1(c3ccc(-n4c5ccccc5c5cc(-n6c7ccccc7c7ccccc76)ccc54)cc3O2)c2cc(-n3c4ccccc4c4ccccc43)cnc2-c2ncc(-n3c4ccccc4c4ccccc43)cc21. The zero-order chi connectivity index (χ0) is 59.2. The Morgan fingerprint density at radius 3 is 0.978 bits per heavy atom. The Morgan fingerprint density at radius 1 is 0.242 bits per heavy atom. The van der Waals surface area contributed by atoms with E-state index in [2.05, 4.69) is 320 Å². The monoisotopic (exact) mass is 1160 g/mol. The van der Waals surface area contributed by atoms with Crippen molar-refractivity contribution in [2.45, 2.75) is 5.41 Å². The van der Waals surface area contributed by atoms with Crippen LogP contribution in [0.4, 0.5) is 0 Å². The first-order chi connectivity index (χ1) is 45.2. The van der Waals surface area contributed by atoms with Crippen LogP contribution in [0.25, 0.3) is 149 Å². The minimum atomic E-state index is -1.09. The van der Waals surface area contributed by atoms with Crippen molar-refractivity contribution in [3.8, 4) is 51.3 Å². The summed E-state index contributed by atoms with van der Waals surface area (Å²) in [5.41, 5.74) is 20.9. The van der Waals surface area contributed by atoms with Gasteiger partial charge in [0, 0.05) is 93.6 Å². The van der Waals surface area contributed by atoms with Crippen LogP contribution in [-0.2, 0) is 5.41 Å². The van der Waals surface area contributed by atoms with E-state index in [-0.39, 0.29) is 0 Å². The Morgan fingerprint density at radius 2 is 0.571 bits per heavy atom. The second kappa shape index (κ2) is 17.9. The van der Waals surface area contributed by atoms with Gasteiger partial charge >= 0.3 is 0 Å². The average Bonchev–Trinajstić information content (AvgIpc) is 1.58. The topological polar surface area (TPSA) is 59.7 Å². The molecule has 8 heterocycles. The van der Waals surface area contributed by atoms with Crippen molar-refractivity contribution in [3.05, 3.63) is 320 Å². The summed E-state index contributed by atoms with van der Waals surface area (Å²) >= 11 is 0. The summed E-state index contributed by atoms with van der Waals surface area (Å²) in [7, 11) is 0. The molecule has 0 bridgehead atoms. The summed E-state index contributed by atoms with van der Waals surface area (Å²) in [6, 6.07) is 104. The van der Waals surface area contributed by atoms with E-state index in [9.17, 15) is 0 Å². The fraction of sp³-hybridized carbons (Fsp3) is 0.0120. The molecule has 0 fully saturated rings. The minimum Gasteiger partial charge on any atom is -0.457 e. The molecule has 0 saturated carbocycles. The van der Waals surface area contributed by atoms with Gasteiger partial charge < -0.3 is 27.6 Å². The molecule has 19 aromatic rings. The van der Waals surface area contributed by atoms with E-state index < -0.39 is 5.41 Å². The Kier molecular flexibility index (Phi) is 9.62. The Hall–Kier alpha value is -12.3. The number of rotatable bonds is 5. The number of aromatic nitrogens is 7. The molecule has 0 N–H and O–H groups in total. The smallest absolute Gasteiger partial charge is 0.134 e. The predicted octanol–water partition coefficient (Wildman–Crippen LogP) is 20.4. The number of hydrogen-bond acceptors (Lipinski definition) is 3. The number of hydrogen-bond donors (Lipinski definition) is 0. The summed E-state index contributed by atoms with van der Waals surface area (Å²) in [5, 5.41) is 11.9. The fourth-order valence-electron chi connectivity index (χ4n) is 16.4. The summed E-state index contributed by atoms with van der Waals surface area (Å²) < 4.78 is 19.8. The Labute approximate surface area is 520 Å². The van der Waals surface area contributed by atoms with Crippen molar-refractivity contribution < 1.29 is 4.74 Å². The van der Waals surface area contributed by atoms with Crippen molar-refractivity contribution in [2.24, 2.45) is 0 Å². The van der Waals surface area contributed by atoms with E-state index in [4.69, 9.17) is 14.7 Å². The van der Waals surface area contributed by atoms with Crippen molar-refractivity contribution >= 4 is 109 Å². The van der Waals surface area contributed by atoms with Gasteiger partial charge in [-0.2, -0.15) is 0 Å². The normalized spacial score (nSPS) is 13.2. The van der Waals surface area contributed by atoms with Crippen LogP contribution >= 0.6 is 0 Å². The second-order valence-electron chi connectivity index (χ2n) is 24.4. The van der Waals surface area contributed by atoms with Crippen LogP contribution in [0.5, 0.6) is 11.5 Å². The van der Waals surface area contributed by atoms with Gasteiger partial charge in [-0.1, -0.05) is 176 Å². The van der Waals surface area contributed by atoms with Crippen LogP contribution in [-0.4, -0.2) is 32.8 Å². The van der Waals surface area contributed by atoms with E-state index >= 15 is 0 Å². The van der Waals surface area contributed by atoms with Gasteiger partial charge in [-0.3, -0.25) is 9.97 Å². The van der Waals surface area contributed by atoms with E-state index in [1.807, 2.05) is 0 Å². The van der Waals surface area contributed by atoms with Gasteiger partial charge in [-0.25, -0.2) is 0 Å². The number of pyridine rings is 2. The summed E-state index contributed by atoms with van der Waals surface area (Å²) in [4.78, 5) is 11.4. The molecule has 8 heteroatoms. The number of fused-ring (bicyclic) bond motifs is 24. The highest BCUT2D eigenvalue weighted by Crippen LogP contribution is 2.64. The Balaban J connectivity index is 0.877. The van der Waals surface area contributed by atoms with Gasteiger partial charge in [0.1, 0.15) is 11.5 Å². The molecule has 21 rings (SSSR count). The number of nitrogens with zero attached hydrogens (tertiary/aromatic N) is 7. The maximum absolute atomic E-state index is 7.72. The quantitative estimate of drug-likeness (QED) is 0.173. The molecule has 8 nitrogen and oxygen atoms in total. The van der Waals surface area contributed by atoms with E-state index in [0.29, 0.717) is 0 Å². The second-order valence-corrected chi connectivity index (χ2v) is 24.4. The van der Waals surface area contributed by atoms with Crippen LogP contribution in [0.2, 0.25) is 0 Å². The first-order valence-electron chi connectivity index (χ1n) is 31.1. The molecular formula is C83H49N7O. The first-order valence-corrected chi connectivity index (χ1v) is 31.1. The zero-order valence-electron chi connectivity index (χ0n) is 48.8. The molecule has 0 saturated heterocycles. The number of ether oxygens (including phenoxy) is 1. The zero-order valence-corrected chi connectivity index (χ0v) is 48.8. The maximum atomic E-state index is 7.72. The summed E-state index contributed by atoms with van der Waals surface area (Å²) in [5.74, 6) is 1.51. The van der Waals surface area contributed by atoms with Gasteiger partial charge in [0.15, 0.2) is 0 Å². The largest absolute Gasteiger partial charge is 0.457 e. The van der Waals surface area contributed by atoms with Gasteiger partial charge in [0.05, 0.1) is 101 Å². The molecule has 1 aliphatic heterocycles. The van der Waals surface area contributed by atoms with Crippen LogP contribution < -0.4 is 4.74 Å². The third kappa shape index (κ3) is 6.36. The molecular weight excluding hydrogens is 1110 g/mol.